The molecule has 3 N–H and O–H groups in total. The van der Waals surface area contributed by atoms with Crippen LogP contribution in [0, 0.1) is 5.92 Å². The third kappa shape index (κ3) is 3.43. The van der Waals surface area contributed by atoms with Crippen LogP contribution in [-0.4, -0.2) is 57.5 Å². The van der Waals surface area contributed by atoms with E-state index < -0.39 is 24.2 Å². The molecule has 1 saturated heterocycles. The van der Waals surface area contributed by atoms with Gasteiger partial charge in [-0.05, 0) is 12.3 Å². The molecule has 0 bridgehead atoms. The Bertz CT molecular complexity index is 291. The van der Waals surface area contributed by atoms with Crippen LogP contribution in [0.3, 0.4) is 0 Å². The molecule has 2 fully saturated rings. The monoisotopic (exact) mass is 257 g/mol. The van der Waals surface area contributed by atoms with Gasteiger partial charge in [0.1, 0.15) is 6.04 Å². The summed E-state index contributed by atoms with van der Waals surface area (Å²) in [5.74, 6) is -0.310. The van der Waals surface area contributed by atoms with Gasteiger partial charge in [0, 0.05) is 19.5 Å². The first kappa shape index (κ1) is 13.8. The number of aliphatic hydroxyl groups excluding tert-OH is 2. The van der Waals surface area contributed by atoms with Crippen molar-refractivity contribution in [3.63, 3.8) is 0 Å². The third-order valence-electron chi connectivity index (χ3n) is 4.19. The molecule has 0 aromatic rings. The van der Waals surface area contributed by atoms with E-state index in [4.69, 9.17) is 5.11 Å². The molecule has 5 heteroatoms. The standard InChI is InChI=1S/C13H23NO4/c15-10(5-9-3-1-2-4-9)7-14-8-11(16)6-12(14)13(17)18/h9-12,15-16H,1-8H2,(H,17,18). The number of β-amino-alcohol motifs (C(OH)–C–C–N with tert-alkyl or cyclic N) is 2. The number of aliphatic hydroxyl groups is 2. The van der Waals surface area contributed by atoms with Crippen LogP contribution in [0.15, 0.2) is 0 Å². The van der Waals surface area contributed by atoms with Crippen LogP contribution in [0.2, 0.25) is 0 Å². The molecule has 3 atom stereocenters. The molecular formula is C13H23NO4. The van der Waals surface area contributed by atoms with Crippen molar-refractivity contribution >= 4 is 5.97 Å². The molecule has 5 nitrogen and oxygen atoms in total. The second-order valence-electron chi connectivity index (χ2n) is 5.74. The van der Waals surface area contributed by atoms with Crippen molar-refractivity contribution in [2.45, 2.75) is 56.8 Å². The molecule has 0 amide bonds. The van der Waals surface area contributed by atoms with Crippen molar-refractivity contribution in [3.05, 3.63) is 0 Å². The summed E-state index contributed by atoms with van der Waals surface area (Å²) in [4.78, 5) is 12.8. The van der Waals surface area contributed by atoms with Crippen LogP contribution in [0.4, 0.5) is 0 Å². The van der Waals surface area contributed by atoms with E-state index in [0.717, 1.165) is 6.42 Å². The predicted octanol–water partition coefficient (Wildman–Crippen LogP) is 0.447. The lowest BCUT2D eigenvalue weighted by Crippen LogP contribution is -2.41. The minimum Gasteiger partial charge on any atom is -0.480 e. The van der Waals surface area contributed by atoms with E-state index in [-0.39, 0.29) is 6.42 Å². The quantitative estimate of drug-likeness (QED) is 0.666. The first-order chi connectivity index (χ1) is 8.56. The minimum absolute atomic E-state index is 0.269. The summed E-state index contributed by atoms with van der Waals surface area (Å²) in [5.41, 5.74) is 0. The lowest BCUT2D eigenvalue weighted by Gasteiger charge is -2.25. The van der Waals surface area contributed by atoms with Crippen LogP contribution in [0.5, 0.6) is 0 Å². The van der Waals surface area contributed by atoms with E-state index in [1.54, 1.807) is 4.90 Å². The zero-order valence-corrected chi connectivity index (χ0v) is 10.7. The molecule has 1 aliphatic carbocycles. The molecular weight excluding hydrogens is 234 g/mol. The number of carbonyl (C=O) groups is 1. The minimum atomic E-state index is -0.903. The number of rotatable bonds is 5. The van der Waals surface area contributed by atoms with Crippen molar-refractivity contribution in [1.29, 1.82) is 0 Å². The van der Waals surface area contributed by atoms with Crippen molar-refractivity contribution < 1.29 is 20.1 Å². The van der Waals surface area contributed by atoms with Gasteiger partial charge in [0.2, 0.25) is 0 Å². The number of likely N-dealkylation sites (tertiary alicyclic amines) is 1. The fourth-order valence-electron chi connectivity index (χ4n) is 3.31. The summed E-state index contributed by atoms with van der Waals surface area (Å²) < 4.78 is 0. The molecule has 18 heavy (non-hydrogen) atoms. The Morgan fingerprint density at radius 2 is 2.00 bits per heavy atom. The average Bonchev–Trinajstić information content (AvgIpc) is 2.88. The maximum Gasteiger partial charge on any atom is 0.321 e. The van der Waals surface area contributed by atoms with Gasteiger partial charge >= 0.3 is 5.97 Å². The van der Waals surface area contributed by atoms with Crippen molar-refractivity contribution in [2.75, 3.05) is 13.1 Å². The molecule has 2 aliphatic rings. The number of aliphatic carboxylic acids is 1. The van der Waals surface area contributed by atoms with Crippen LogP contribution < -0.4 is 0 Å². The van der Waals surface area contributed by atoms with Crippen LogP contribution >= 0.6 is 0 Å². The first-order valence-corrected chi connectivity index (χ1v) is 6.89. The molecule has 104 valence electrons. The van der Waals surface area contributed by atoms with E-state index in [1.165, 1.54) is 25.7 Å². The normalized spacial score (nSPS) is 31.9. The predicted molar refractivity (Wildman–Crippen MR) is 66.2 cm³/mol. The molecule has 1 heterocycles. The maximum atomic E-state index is 11.0. The fourth-order valence-corrected chi connectivity index (χ4v) is 3.31. The van der Waals surface area contributed by atoms with Gasteiger partial charge in [0.05, 0.1) is 12.2 Å². The summed E-state index contributed by atoms with van der Waals surface area (Å²) >= 11 is 0. The van der Waals surface area contributed by atoms with E-state index >= 15 is 0 Å². The lowest BCUT2D eigenvalue weighted by atomic mass is 10.00. The largest absolute Gasteiger partial charge is 0.480 e. The van der Waals surface area contributed by atoms with Gasteiger partial charge in [0.15, 0.2) is 0 Å². The van der Waals surface area contributed by atoms with Crippen LogP contribution in [-0.2, 0) is 4.79 Å². The summed E-state index contributed by atoms with van der Waals surface area (Å²) in [7, 11) is 0. The van der Waals surface area contributed by atoms with Crippen molar-refractivity contribution in [2.24, 2.45) is 5.92 Å². The molecule has 1 saturated carbocycles. The molecule has 0 radical (unpaired) electrons. The Kier molecular flexibility index (Phi) is 4.59. The topological polar surface area (TPSA) is 81.0 Å². The number of hydrogen-bond donors (Lipinski definition) is 3. The second-order valence-corrected chi connectivity index (χ2v) is 5.74. The number of nitrogens with zero attached hydrogens (tertiary/aromatic N) is 1. The summed E-state index contributed by atoms with van der Waals surface area (Å²) in [6.45, 7) is 0.725. The van der Waals surface area contributed by atoms with Crippen LogP contribution in [0.1, 0.15) is 38.5 Å². The zero-order chi connectivity index (χ0) is 13.1. The maximum absolute atomic E-state index is 11.0. The van der Waals surface area contributed by atoms with Gasteiger partial charge in [-0.3, -0.25) is 9.69 Å². The van der Waals surface area contributed by atoms with E-state index in [0.29, 0.717) is 19.0 Å². The van der Waals surface area contributed by atoms with E-state index in [2.05, 4.69) is 0 Å². The first-order valence-electron chi connectivity index (χ1n) is 6.89. The molecule has 0 spiro atoms. The second kappa shape index (κ2) is 5.99. The van der Waals surface area contributed by atoms with E-state index in [9.17, 15) is 15.0 Å². The van der Waals surface area contributed by atoms with Crippen LogP contribution in [0.25, 0.3) is 0 Å². The Morgan fingerprint density at radius 1 is 1.33 bits per heavy atom. The Balaban J connectivity index is 1.81. The van der Waals surface area contributed by atoms with Crippen molar-refractivity contribution in [3.8, 4) is 0 Å². The number of carboxylic acids is 1. The summed E-state index contributed by atoms with van der Waals surface area (Å²) in [6.07, 6.45) is 4.84. The van der Waals surface area contributed by atoms with Crippen molar-refractivity contribution in [1.82, 2.24) is 4.90 Å². The highest BCUT2D eigenvalue weighted by atomic mass is 16.4. The number of carboxylic acid groups (broad SMARTS) is 1. The van der Waals surface area contributed by atoms with Gasteiger partial charge in [-0.2, -0.15) is 0 Å². The Hall–Kier alpha value is -0.650. The highest BCUT2D eigenvalue weighted by Gasteiger charge is 2.36. The third-order valence-corrected chi connectivity index (χ3v) is 4.19. The van der Waals surface area contributed by atoms with Gasteiger partial charge < -0.3 is 15.3 Å². The zero-order valence-electron chi connectivity index (χ0n) is 10.7. The smallest absolute Gasteiger partial charge is 0.321 e. The molecule has 2 rings (SSSR count). The molecule has 0 aromatic heterocycles. The van der Waals surface area contributed by atoms with E-state index in [1.807, 2.05) is 0 Å². The average molecular weight is 257 g/mol. The number of hydrogen-bond acceptors (Lipinski definition) is 4. The Labute approximate surface area is 107 Å². The molecule has 1 aliphatic heterocycles. The molecule has 0 aromatic carbocycles. The lowest BCUT2D eigenvalue weighted by molar-refractivity contribution is -0.142. The highest BCUT2D eigenvalue weighted by molar-refractivity contribution is 5.74. The van der Waals surface area contributed by atoms with Gasteiger partial charge in [0.25, 0.3) is 0 Å². The van der Waals surface area contributed by atoms with Gasteiger partial charge in [-0.15, -0.1) is 0 Å². The summed E-state index contributed by atoms with van der Waals surface area (Å²) in [5, 5.41) is 28.6. The van der Waals surface area contributed by atoms with Gasteiger partial charge in [-0.25, -0.2) is 0 Å². The molecule has 3 unspecified atom stereocenters. The fraction of sp³-hybridized carbons (Fsp3) is 0.923. The van der Waals surface area contributed by atoms with Gasteiger partial charge in [-0.1, -0.05) is 25.7 Å². The Morgan fingerprint density at radius 3 is 2.61 bits per heavy atom. The summed E-state index contributed by atoms with van der Waals surface area (Å²) in [6, 6.07) is -0.641. The SMILES string of the molecule is O=C(O)C1CC(O)CN1CC(O)CC1CCCC1. The highest BCUT2D eigenvalue weighted by Crippen LogP contribution is 2.29.